The van der Waals surface area contributed by atoms with E-state index in [0.29, 0.717) is 17.0 Å². The van der Waals surface area contributed by atoms with Crippen LogP contribution < -0.4 is 39.4 Å². The summed E-state index contributed by atoms with van der Waals surface area (Å²) in [7, 11) is 0. The number of carboxylic acids is 1. The molecule has 1 saturated carbocycles. The third kappa shape index (κ3) is 4.32. The van der Waals surface area contributed by atoms with E-state index in [4.69, 9.17) is 16.3 Å². The third-order valence-electron chi connectivity index (χ3n) is 4.85. The second-order valence-corrected chi connectivity index (χ2v) is 7.04. The van der Waals surface area contributed by atoms with E-state index in [2.05, 4.69) is 5.10 Å². The van der Waals surface area contributed by atoms with Crippen LogP contribution in [0.25, 0.3) is 10.9 Å². The summed E-state index contributed by atoms with van der Waals surface area (Å²) in [6.07, 6.45) is 6.34. The van der Waals surface area contributed by atoms with Crippen LogP contribution in [0.2, 0.25) is 5.02 Å². The number of rotatable bonds is 5. The summed E-state index contributed by atoms with van der Waals surface area (Å²) in [5.41, 5.74) is 1.80. The van der Waals surface area contributed by atoms with Gasteiger partial charge in [0, 0.05) is 21.5 Å². The van der Waals surface area contributed by atoms with Gasteiger partial charge in [0.1, 0.15) is 5.75 Å². The summed E-state index contributed by atoms with van der Waals surface area (Å²) in [6, 6.07) is 10.7. The van der Waals surface area contributed by atoms with Gasteiger partial charge in [0.25, 0.3) is 0 Å². The molecule has 27 heavy (non-hydrogen) atoms. The number of benzene rings is 2. The van der Waals surface area contributed by atoms with Crippen LogP contribution >= 0.6 is 11.6 Å². The minimum atomic E-state index is -1.21. The fourth-order valence-corrected chi connectivity index (χ4v) is 3.74. The third-order valence-corrected chi connectivity index (χ3v) is 5.08. The molecule has 0 aliphatic heterocycles. The van der Waals surface area contributed by atoms with Gasteiger partial charge < -0.3 is 14.6 Å². The Kier molecular flexibility index (Phi) is 6.48. The van der Waals surface area contributed by atoms with E-state index in [9.17, 15) is 9.90 Å². The number of aromatic nitrogens is 2. The first-order valence-electron chi connectivity index (χ1n) is 8.73. The normalized spacial score (nSPS) is 14.3. The van der Waals surface area contributed by atoms with Crippen LogP contribution in [0.1, 0.15) is 41.6 Å². The predicted octanol–water partition coefficient (Wildman–Crippen LogP) is 0.427. The Morgan fingerprint density at radius 3 is 2.78 bits per heavy atom. The van der Waals surface area contributed by atoms with Crippen LogP contribution in [0.5, 0.6) is 5.75 Å². The fourth-order valence-electron chi connectivity index (χ4n) is 3.54. The molecule has 7 heteroatoms. The van der Waals surface area contributed by atoms with Gasteiger partial charge in [-0.05, 0) is 49.9 Å². The molecule has 0 unspecified atom stereocenters. The zero-order valence-electron chi connectivity index (χ0n) is 15.2. The Bertz CT molecular complexity index is 967. The Morgan fingerprint density at radius 1 is 1.26 bits per heavy atom. The van der Waals surface area contributed by atoms with E-state index in [-0.39, 0.29) is 41.2 Å². The van der Waals surface area contributed by atoms with Gasteiger partial charge in [-0.3, -0.25) is 4.68 Å². The number of hydrogen-bond donors (Lipinski definition) is 0. The van der Waals surface area contributed by atoms with Gasteiger partial charge >= 0.3 is 29.6 Å². The quantitative estimate of drug-likeness (QED) is 0.590. The van der Waals surface area contributed by atoms with E-state index in [0.717, 1.165) is 29.7 Å². The smallest absolute Gasteiger partial charge is 0.545 e. The van der Waals surface area contributed by atoms with Crippen molar-refractivity contribution in [2.45, 2.75) is 38.3 Å². The molecular formula is C20H18ClN2NaO3. The Hall–Kier alpha value is -1.53. The van der Waals surface area contributed by atoms with Crippen LogP contribution in [0.3, 0.4) is 0 Å². The Labute approximate surface area is 184 Å². The van der Waals surface area contributed by atoms with Gasteiger partial charge in [0.2, 0.25) is 0 Å². The molecule has 0 bridgehead atoms. The second-order valence-electron chi connectivity index (χ2n) is 6.60. The molecule has 5 nitrogen and oxygen atoms in total. The standard InChI is InChI=1S/C20H19ClN2O3.Na/c21-14-8-9-19(26-15-4-1-2-5-15)13(10-14)12-23-18-7-3-6-16(20(24)25)17(18)11-22-23;/h3,6-11,15H,1-2,4-5,12H2,(H,24,25);/q;+1/p-1. The van der Waals surface area contributed by atoms with Crippen molar-refractivity contribution in [3.63, 3.8) is 0 Å². The molecule has 1 aliphatic rings. The summed E-state index contributed by atoms with van der Waals surface area (Å²) in [6.45, 7) is 0.447. The zero-order valence-corrected chi connectivity index (χ0v) is 17.9. The summed E-state index contributed by atoms with van der Waals surface area (Å²) < 4.78 is 7.94. The van der Waals surface area contributed by atoms with Crippen molar-refractivity contribution >= 4 is 28.5 Å². The van der Waals surface area contributed by atoms with Gasteiger partial charge in [0.15, 0.2) is 0 Å². The number of carbonyl (C=O) groups excluding carboxylic acids is 1. The van der Waals surface area contributed by atoms with Gasteiger partial charge in [-0.15, -0.1) is 0 Å². The summed E-state index contributed by atoms with van der Waals surface area (Å²) in [4.78, 5) is 11.3. The van der Waals surface area contributed by atoms with E-state index in [1.165, 1.54) is 18.9 Å². The molecule has 1 aliphatic carbocycles. The van der Waals surface area contributed by atoms with Crippen molar-refractivity contribution in [1.29, 1.82) is 0 Å². The summed E-state index contributed by atoms with van der Waals surface area (Å²) >= 11 is 6.19. The van der Waals surface area contributed by atoms with Gasteiger partial charge in [-0.25, -0.2) is 0 Å². The van der Waals surface area contributed by atoms with Crippen molar-refractivity contribution in [2.24, 2.45) is 0 Å². The number of halogens is 1. The predicted molar refractivity (Wildman–Crippen MR) is 97.5 cm³/mol. The van der Waals surface area contributed by atoms with Crippen LogP contribution in [-0.2, 0) is 6.54 Å². The number of aromatic carboxylic acids is 1. The summed E-state index contributed by atoms with van der Waals surface area (Å²) in [5.74, 6) is -0.399. The number of hydrogen-bond acceptors (Lipinski definition) is 4. The molecule has 0 saturated heterocycles. The topological polar surface area (TPSA) is 67.2 Å². The van der Waals surface area contributed by atoms with Crippen molar-refractivity contribution in [3.05, 3.63) is 58.7 Å². The van der Waals surface area contributed by atoms with E-state index in [1.807, 2.05) is 24.3 Å². The Morgan fingerprint density at radius 2 is 2.04 bits per heavy atom. The van der Waals surface area contributed by atoms with Gasteiger partial charge in [-0.2, -0.15) is 5.10 Å². The van der Waals surface area contributed by atoms with Gasteiger partial charge in [-0.1, -0.05) is 23.7 Å². The van der Waals surface area contributed by atoms with Crippen molar-refractivity contribution < 1.29 is 44.2 Å². The maximum absolute atomic E-state index is 11.3. The van der Waals surface area contributed by atoms with E-state index in [1.54, 1.807) is 16.9 Å². The molecule has 0 radical (unpaired) electrons. The maximum atomic E-state index is 11.3. The molecule has 3 aromatic rings. The molecule has 0 atom stereocenters. The van der Waals surface area contributed by atoms with Crippen LogP contribution in [0.15, 0.2) is 42.6 Å². The molecular weight excluding hydrogens is 375 g/mol. The number of carboxylic acid groups (broad SMARTS) is 1. The maximum Gasteiger partial charge on any atom is 1.00 e. The summed E-state index contributed by atoms with van der Waals surface area (Å²) in [5, 5.41) is 16.8. The molecule has 0 N–H and O–H groups in total. The van der Waals surface area contributed by atoms with Crippen molar-refractivity contribution in [3.8, 4) is 5.75 Å². The number of carbonyl (C=O) groups is 1. The fraction of sp³-hybridized carbons (Fsp3) is 0.300. The number of fused-ring (bicyclic) bond motifs is 1. The molecule has 0 amide bonds. The van der Waals surface area contributed by atoms with Crippen LogP contribution in [0, 0.1) is 0 Å². The first-order valence-corrected chi connectivity index (χ1v) is 9.10. The van der Waals surface area contributed by atoms with Crippen LogP contribution in [0.4, 0.5) is 0 Å². The monoisotopic (exact) mass is 392 g/mol. The molecule has 1 heterocycles. The van der Waals surface area contributed by atoms with Crippen LogP contribution in [-0.4, -0.2) is 21.9 Å². The van der Waals surface area contributed by atoms with E-state index >= 15 is 0 Å². The molecule has 1 aromatic heterocycles. The SMILES string of the molecule is O=C([O-])c1cccc2c1cnn2Cc1cc(Cl)ccc1OC1CCCC1.[Na+]. The first kappa shape index (κ1) is 20.2. The average Bonchev–Trinajstić information content (AvgIpc) is 3.27. The molecule has 4 rings (SSSR count). The number of ether oxygens (including phenoxy) is 1. The minimum absolute atomic E-state index is 0. The minimum Gasteiger partial charge on any atom is -0.545 e. The number of nitrogens with zero attached hydrogens (tertiary/aromatic N) is 2. The Balaban J connectivity index is 0.00000210. The van der Waals surface area contributed by atoms with Crippen molar-refractivity contribution in [1.82, 2.24) is 9.78 Å². The zero-order chi connectivity index (χ0) is 18.1. The van der Waals surface area contributed by atoms with Gasteiger partial charge in [0.05, 0.1) is 30.3 Å². The molecule has 134 valence electrons. The van der Waals surface area contributed by atoms with E-state index < -0.39 is 5.97 Å². The van der Waals surface area contributed by atoms with Crippen molar-refractivity contribution in [2.75, 3.05) is 0 Å². The second kappa shape index (κ2) is 8.65. The average molecular weight is 393 g/mol. The first-order chi connectivity index (χ1) is 12.6. The largest absolute Gasteiger partial charge is 1.00 e. The molecule has 1 fully saturated rings. The molecule has 2 aromatic carbocycles. The molecule has 0 spiro atoms.